The standard InChI is InChI=1S/C15H21ClN2O/c1-18(8-10-4-14(17)5-10)9-12-7-13(16)6-11-2-3-19-15(11)12/h6-7,10,14H,2-5,8-9,17H2,1H3. The van der Waals surface area contributed by atoms with Crippen molar-refractivity contribution in [2.45, 2.75) is 31.8 Å². The Balaban J connectivity index is 1.66. The van der Waals surface area contributed by atoms with Gasteiger partial charge in [0, 0.05) is 36.1 Å². The summed E-state index contributed by atoms with van der Waals surface area (Å²) in [5.41, 5.74) is 8.30. The molecule has 1 fully saturated rings. The van der Waals surface area contributed by atoms with E-state index in [4.69, 9.17) is 22.1 Å². The van der Waals surface area contributed by atoms with Gasteiger partial charge in [-0.3, -0.25) is 0 Å². The van der Waals surface area contributed by atoms with Gasteiger partial charge in [-0.25, -0.2) is 0 Å². The first-order valence-corrected chi connectivity index (χ1v) is 7.38. The molecule has 0 aromatic heterocycles. The summed E-state index contributed by atoms with van der Waals surface area (Å²) in [7, 11) is 2.16. The van der Waals surface area contributed by atoms with E-state index in [1.165, 1.54) is 11.1 Å². The van der Waals surface area contributed by atoms with E-state index in [2.05, 4.69) is 11.9 Å². The van der Waals surface area contributed by atoms with Crippen molar-refractivity contribution in [3.05, 3.63) is 28.3 Å². The van der Waals surface area contributed by atoms with Crippen LogP contribution in [0.25, 0.3) is 0 Å². The molecule has 2 aliphatic rings. The molecule has 0 saturated heterocycles. The van der Waals surface area contributed by atoms with Crippen LogP contribution < -0.4 is 10.5 Å². The van der Waals surface area contributed by atoms with Gasteiger partial charge in [0.25, 0.3) is 0 Å². The molecule has 0 bridgehead atoms. The van der Waals surface area contributed by atoms with E-state index in [1.807, 2.05) is 12.1 Å². The largest absolute Gasteiger partial charge is 0.493 e. The van der Waals surface area contributed by atoms with E-state index in [9.17, 15) is 0 Å². The predicted octanol–water partition coefficient (Wildman–Crippen LogP) is 2.44. The van der Waals surface area contributed by atoms with Gasteiger partial charge in [-0.2, -0.15) is 0 Å². The van der Waals surface area contributed by atoms with E-state index < -0.39 is 0 Å². The van der Waals surface area contributed by atoms with Gasteiger partial charge < -0.3 is 15.4 Å². The number of nitrogens with two attached hydrogens (primary N) is 1. The Labute approximate surface area is 119 Å². The minimum Gasteiger partial charge on any atom is -0.493 e. The monoisotopic (exact) mass is 280 g/mol. The summed E-state index contributed by atoms with van der Waals surface area (Å²) in [6.45, 7) is 2.79. The summed E-state index contributed by atoms with van der Waals surface area (Å²) in [6.07, 6.45) is 3.30. The second-order valence-electron chi connectivity index (χ2n) is 5.95. The van der Waals surface area contributed by atoms with E-state index in [0.29, 0.717) is 6.04 Å². The lowest BCUT2D eigenvalue weighted by atomic mass is 9.80. The maximum Gasteiger partial charge on any atom is 0.127 e. The first kappa shape index (κ1) is 13.2. The Hall–Kier alpha value is -0.770. The smallest absolute Gasteiger partial charge is 0.127 e. The molecule has 1 aliphatic heterocycles. The molecule has 0 spiro atoms. The zero-order chi connectivity index (χ0) is 13.4. The van der Waals surface area contributed by atoms with Gasteiger partial charge in [-0.1, -0.05) is 11.6 Å². The minimum atomic E-state index is 0.428. The molecule has 1 aromatic carbocycles. The summed E-state index contributed by atoms with van der Waals surface area (Å²) in [6, 6.07) is 4.49. The van der Waals surface area contributed by atoms with Crippen LogP contribution in [-0.2, 0) is 13.0 Å². The number of nitrogens with zero attached hydrogens (tertiary/aromatic N) is 1. The second kappa shape index (κ2) is 5.31. The normalized spacial score (nSPS) is 25.1. The fourth-order valence-electron chi connectivity index (χ4n) is 3.20. The van der Waals surface area contributed by atoms with Crippen molar-refractivity contribution < 1.29 is 4.74 Å². The van der Waals surface area contributed by atoms with Crippen LogP contribution in [0.15, 0.2) is 12.1 Å². The van der Waals surface area contributed by atoms with Crippen molar-refractivity contribution in [3.8, 4) is 5.75 Å². The van der Waals surface area contributed by atoms with E-state index in [-0.39, 0.29) is 0 Å². The van der Waals surface area contributed by atoms with Crippen LogP contribution in [0, 0.1) is 5.92 Å². The fourth-order valence-corrected chi connectivity index (χ4v) is 3.46. The number of rotatable bonds is 4. The van der Waals surface area contributed by atoms with E-state index >= 15 is 0 Å². The molecule has 4 heteroatoms. The third-order valence-electron chi connectivity index (χ3n) is 4.11. The number of fused-ring (bicyclic) bond motifs is 1. The van der Waals surface area contributed by atoms with Gasteiger partial charge in [0.05, 0.1) is 6.61 Å². The van der Waals surface area contributed by atoms with Crippen LogP contribution in [0.5, 0.6) is 5.75 Å². The molecule has 2 N–H and O–H groups in total. The van der Waals surface area contributed by atoms with Crippen molar-refractivity contribution in [3.63, 3.8) is 0 Å². The first-order valence-electron chi connectivity index (χ1n) is 7.00. The van der Waals surface area contributed by atoms with Crippen LogP contribution >= 0.6 is 11.6 Å². The highest BCUT2D eigenvalue weighted by atomic mass is 35.5. The van der Waals surface area contributed by atoms with Gasteiger partial charge in [0.1, 0.15) is 5.75 Å². The lowest BCUT2D eigenvalue weighted by molar-refractivity contribution is 0.177. The highest BCUT2D eigenvalue weighted by molar-refractivity contribution is 6.30. The van der Waals surface area contributed by atoms with Crippen molar-refractivity contribution in [1.29, 1.82) is 0 Å². The summed E-state index contributed by atoms with van der Waals surface area (Å²) < 4.78 is 5.74. The third kappa shape index (κ3) is 2.88. The predicted molar refractivity (Wildman–Crippen MR) is 77.7 cm³/mol. The zero-order valence-electron chi connectivity index (χ0n) is 11.4. The van der Waals surface area contributed by atoms with Gasteiger partial charge >= 0.3 is 0 Å². The van der Waals surface area contributed by atoms with Crippen molar-refractivity contribution in [1.82, 2.24) is 4.90 Å². The van der Waals surface area contributed by atoms with Crippen LogP contribution in [0.1, 0.15) is 24.0 Å². The quantitative estimate of drug-likeness (QED) is 0.921. The molecule has 104 valence electrons. The first-order chi connectivity index (χ1) is 9.11. The van der Waals surface area contributed by atoms with Gasteiger partial charge in [0.15, 0.2) is 0 Å². The summed E-state index contributed by atoms with van der Waals surface area (Å²) in [4.78, 5) is 2.35. The molecule has 19 heavy (non-hydrogen) atoms. The average molecular weight is 281 g/mol. The maximum absolute atomic E-state index is 6.18. The summed E-state index contributed by atoms with van der Waals surface area (Å²) in [5, 5.41) is 0.818. The highest BCUT2D eigenvalue weighted by Gasteiger charge is 2.27. The molecule has 0 radical (unpaired) electrons. The molecular weight excluding hydrogens is 260 g/mol. The topological polar surface area (TPSA) is 38.5 Å². The van der Waals surface area contributed by atoms with Gasteiger partial charge in [0.2, 0.25) is 0 Å². The number of hydrogen-bond donors (Lipinski definition) is 1. The molecule has 3 rings (SSSR count). The lowest BCUT2D eigenvalue weighted by Crippen LogP contribution is -2.41. The number of ether oxygens (including phenoxy) is 1. The van der Waals surface area contributed by atoms with Crippen molar-refractivity contribution in [2.24, 2.45) is 11.7 Å². The Morgan fingerprint density at radius 3 is 2.95 bits per heavy atom. The maximum atomic E-state index is 6.18. The highest BCUT2D eigenvalue weighted by Crippen LogP contribution is 2.34. The lowest BCUT2D eigenvalue weighted by Gasteiger charge is -2.35. The average Bonchev–Trinajstić information content (AvgIpc) is 2.74. The molecular formula is C15H21ClN2O. The van der Waals surface area contributed by atoms with Crippen LogP contribution in [0.3, 0.4) is 0 Å². The third-order valence-corrected chi connectivity index (χ3v) is 4.33. The summed E-state index contributed by atoms with van der Waals surface area (Å²) in [5.74, 6) is 1.81. The van der Waals surface area contributed by atoms with E-state index in [0.717, 1.165) is 55.6 Å². The SMILES string of the molecule is CN(Cc1cc(Cl)cc2c1OCC2)CC1CC(N)C1. The molecule has 0 atom stereocenters. The number of benzene rings is 1. The number of hydrogen-bond acceptors (Lipinski definition) is 3. The molecule has 1 aromatic rings. The zero-order valence-corrected chi connectivity index (χ0v) is 12.1. The van der Waals surface area contributed by atoms with Gasteiger partial charge in [-0.05, 0) is 43.5 Å². The fraction of sp³-hybridized carbons (Fsp3) is 0.600. The molecule has 1 saturated carbocycles. The minimum absolute atomic E-state index is 0.428. The molecule has 0 unspecified atom stereocenters. The number of halogens is 1. The second-order valence-corrected chi connectivity index (χ2v) is 6.38. The molecule has 3 nitrogen and oxygen atoms in total. The van der Waals surface area contributed by atoms with Crippen LogP contribution in [0.2, 0.25) is 5.02 Å². The summed E-state index contributed by atoms with van der Waals surface area (Å²) >= 11 is 6.18. The van der Waals surface area contributed by atoms with Crippen LogP contribution in [0.4, 0.5) is 0 Å². The molecule has 1 aliphatic carbocycles. The Bertz CT molecular complexity index is 471. The Kier molecular flexibility index (Phi) is 3.70. The van der Waals surface area contributed by atoms with Crippen molar-refractivity contribution in [2.75, 3.05) is 20.2 Å². The Morgan fingerprint density at radius 2 is 2.21 bits per heavy atom. The van der Waals surface area contributed by atoms with Crippen molar-refractivity contribution >= 4 is 11.6 Å². The van der Waals surface area contributed by atoms with E-state index in [1.54, 1.807) is 0 Å². The van der Waals surface area contributed by atoms with Crippen LogP contribution in [-0.4, -0.2) is 31.1 Å². The Morgan fingerprint density at radius 1 is 1.42 bits per heavy atom. The molecule has 0 amide bonds. The van der Waals surface area contributed by atoms with Gasteiger partial charge in [-0.15, -0.1) is 0 Å². The molecule has 1 heterocycles.